The number of fused-ring (bicyclic) bond motifs is 3. The molecule has 2 N–H and O–H groups in total. The van der Waals surface area contributed by atoms with E-state index in [-0.39, 0.29) is 12.5 Å². The number of aryl methyl sites for hydroxylation is 3. The number of nitrogens with zero attached hydrogens (tertiary/aromatic N) is 2. The van der Waals surface area contributed by atoms with Crippen molar-refractivity contribution in [3.05, 3.63) is 46.1 Å². The van der Waals surface area contributed by atoms with Crippen molar-refractivity contribution in [3.8, 4) is 0 Å². The molecule has 0 unspecified atom stereocenters. The Bertz CT molecular complexity index is 991. The fourth-order valence-corrected chi connectivity index (χ4v) is 5.12. The molecule has 1 aromatic carbocycles. The van der Waals surface area contributed by atoms with Crippen molar-refractivity contribution in [2.75, 3.05) is 17.2 Å². The second kappa shape index (κ2) is 7.27. The van der Waals surface area contributed by atoms with E-state index < -0.39 is 0 Å². The summed E-state index contributed by atoms with van der Waals surface area (Å²) in [5.74, 6) is 1.42. The Morgan fingerprint density at radius 2 is 2.04 bits per heavy atom. The summed E-state index contributed by atoms with van der Waals surface area (Å²) in [6, 6.07) is 6.00. The molecule has 1 aliphatic carbocycles. The average molecular weight is 381 g/mol. The van der Waals surface area contributed by atoms with Crippen LogP contribution in [0.1, 0.15) is 34.9 Å². The first kappa shape index (κ1) is 17.9. The van der Waals surface area contributed by atoms with Crippen LogP contribution in [-0.2, 0) is 17.6 Å². The Kier molecular flexibility index (Phi) is 4.83. The SMILES string of the molecule is Cc1cccc(C)c1NC(=O)CNc1ncnc2sc3c(c12)CC[C@H](C)C3. The Morgan fingerprint density at radius 1 is 1.26 bits per heavy atom. The fraction of sp³-hybridized carbons (Fsp3) is 0.381. The molecular weight excluding hydrogens is 356 g/mol. The highest BCUT2D eigenvalue weighted by atomic mass is 32.1. The van der Waals surface area contributed by atoms with Crippen LogP contribution in [0, 0.1) is 19.8 Å². The highest BCUT2D eigenvalue weighted by Gasteiger charge is 2.23. The standard InChI is InChI=1S/C21H24N4OS/c1-12-7-8-15-16(9-12)27-21-18(15)20(23-11-24-21)22-10-17(26)25-19-13(2)5-4-6-14(19)3/h4-6,11-12H,7-10H2,1-3H3,(H,25,26)(H,22,23,24)/t12-/m0/s1. The van der Waals surface area contributed by atoms with E-state index in [0.717, 1.165) is 51.6 Å². The van der Waals surface area contributed by atoms with E-state index >= 15 is 0 Å². The first-order chi connectivity index (χ1) is 13.0. The molecule has 1 atom stereocenters. The zero-order valence-electron chi connectivity index (χ0n) is 15.9. The van der Waals surface area contributed by atoms with Crippen LogP contribution in [0.2, 0.25) is 0 Å². The zero-order valence-corrected chi connectivity index (χ0v) is 16.7. The van der Waals surface area contributed by atoms with E-state index in [9.17, 15) is 4.79 Å². The normalized spacial score (nSPS) is 16.2. The number of carbonyl (C=O) groups excluding carboxylic acids is 1. The van der Waals surface area contributed by atoms with E-state index in [2.05, 4.69) is 27.5 Å². The summed E-state index contributed by atoms with van der Waals surface area (Å²) in [6.07, 6.45) is 4.95. The molecule has 0 saturated heterocycles. The zero-order chi connectivity index (χ0) is 19.0. The molecule has 0 spiro atoms. The number of hydrogen-bond acceptors (Lipinski definition) is 5. The number of aromatic nitrogens is 2. The lowest BCUT2D eigenvalue weighted by Crippen LogP contribution is -2.23. The van der Waals surface area contributed by atoms with Crippen LogP contribution in [0.4, 0.5) is 11.5 Å². The number of nitrogens with one attached hydrogen (secondary N) is 2. The Balaban J connectivity index is 1.53. The van der Waals surface area contributed by atoms with Gasteiger partial charge in [-0.05, 0) is 55.7 Å². The lowest BCUT2D eigenvalue weighted by atomic mass is 9.89. The summed E-state index contributed by atoms with van der Waals surface area (Å²) < 4.78 is 0. The van der Waals surface area contributed by atoms with Gasteiger partial charge in [0.2, 0.25) is 5.91 Å². The highest BCUT2D eigenvalue weighted by molar-refractivity contribution is 7.19. The lowest BCUT2D eigenvalue weighted by Gasteiger charge is -2.18. The van der Waals surface area contributed by atoms with E-state index in [1.807, 2.05) is 32.0 Å². The van der Waals surface area contributed by atoms with Crippen LogP contribution in [0.25, 0.3) is 10.2 Å². The van der Waals surface area contributed by atoms with Crippen molar-refractivity contribution in [2.24, 2.45) is 5.92 Å². The van der Waals surface area contributed by atoms with Crippen LogP contribution in [0.15, 0.2) is 24.5 Å². The van der Waals surface area contributed by atoms with Gasteiger partial charge in [-0.1, -0.05) is 25.1 Å². The van der Waals surface area contributed by atoms with Crippen molar-refractivity contribution in [1.82, 2.24) is 9.97 Å². The first-order valence-corrected chi connectivity index (χ1v) is 10.2. The number of para-hydroxylation sites is 1. The quantitative estimate of drug-likeness (QED) is 0.700. The van der Waals surface area contributed by atoms with Gasteiger partial charge in [-0.3, -0.25) is 4.79 Å². The van der Waals surface area contributed by atoms with E-state index in [4.69, 9.17) is 0 Å². The van der Waals surface area contributed by atoms with Gasteiger partial charge >= 0.3 is 0 Å². The number of rotatable bonds is 4. The van der Waals surface area contributed by atoms with Gasteiger partial charge in [0.25, 0.3) is 0 Å². The third kappa shape index (κ3) is 3.54. The summed E-state index contributed by atoms with van der Waals surface area (Å²) in [7, 11) is 0. The smallest absolute Gasteiger partial charge is 0.243 e. The van der Waals surface area contributed by atoms with Gasteiger partial charge in [0.1, 0.15) is 17.0 Å². The van der Waals surface area contributed by atoms with Crippen LogP contribution in [0.3, 0.4) is 0 Å². The predicted molar refractivity (Wildman–Crippen MR) is 112 cm³/mol. The molecule has 0 saturated carbocycles. The van der Waals surface area contributed by atoms with Gasteiger partial charge < -0.3 is 10.6 Å². The number of carbonyl (C=O) groups is 1. The van der Waals surface area contributed by atoms with Crippen LogP contribution in [-0.4, -0.2) is 22.4 Å². The second-order valence-corrected chi connectivity index (χ2v) is 8.51. The monoisotopic (exact) mass is 380 g/mol. The van der Waals surface area contributed by atoms with Gasteiger partial charge in [0.15, 0.2) is 0 Å². The van der Waals surface area contributed by atoms with Crippen LogP contribution < -0.4 is 10.6 Å². The number of anilines is 2. The van der Waals surface area contributed by atoms with Crippen LogP contribution >= 0.6 is 11.3 Å². The summed E-state index contributed by atoms with van der Waals surface area (Å²) >= 11 is 1.77. The van der Waals surface area contributed by atoms with Crippen molar-refractivity contribution < 1.29 is 4.79 Å². The van der Waals surface area contributed by atoms with Crippen LogP contribution in [0.5, 0.6) is 0 Å². The lowest BCUT2D eigenvalue weighted by molar-refractivity contribution is -0.114. The van der Waals surface area contributed by atoms with Gasteiger partial charge in [-0.15, -0.1) is 11.3 Å². The predicted octanol–water partition coefficient (Wildman–Crippen LogP) is 4.48. The molecular formula is C21H24N4OS. The number of thiophene rings is 1. The molecule has 4 rings (SSSR count). The van der Waals surface area contributed by atoms with Gasteiger partial charge in [-0.2, -0.15) is 0 Å². The minimum atomic E-state index is -0.0723. The summed E-state index contributed by atoms with van der Waals surface area (Å²) in [5.41, 5.74) is 4.38. The molecule has 2 aromatic heterocycles. The van der Waals surface area contributed by atoms with Crippen molar-refractivity contribution in [3.63, 3.8) is 0 Å². The Morgan fingerprint density at radius 3 is 2.81 bits per heavy atom. The third-order valence-corrected chi connectivity index (χ3v) is 6.42. The maximum absolute atomic E-state index is 12.5. The molecule has 2 heterocycles. The summed E-state index contributed by atoms with van der Waals surface area (Å²) in [6.45, 7) is 6.49. The van der Waals surface area contributed by atoms with Crippen molar-refractivity contribution in [2.45, 2.75) is 40.0 Å². The topological polar surface area (TPSA) is 66.9 Å². The molecule has 27 heavy (non-hydrogen) atoms. The molecule has 3 aromatic rings. The molecule has 1 amide bonds. The molecule has 140 valence electrons. The molecule has 1 aliphatic rings. The van der Waals surface area contributed by atoms with Crippen molar-refractivity contribution in [1.29, 1.82) is 0 Å². The summed E-state index contributed by atoms with van der Waals surface area (Å²) in [5, 5.41) is 7.36. The molecule has 6 heteroatoms. The van der Waals surface area contributed by atoms with Gasteiger partial charge in [-0.25, -0.2) is 9.97 Å². The minimum Gasteiger partial charge on any atom is -0.360 e. The van der Waals surface area contributed by atoms with Crippen molar-refractivity contribution >= 4 is 39.0 Å². The molecule has 0 bridgehead atoms. The maximum Gasteiger partial charge on any atom is 0.243 e. The average Bonchev–Trinajstić information content (AvgIpc) is 3.01. The molecule has 0 radical (unpaired) electrons. The third-order valence-electron chi connectivity index (χ3n) is 5.25. The largest absolute Gasteiger partial charge is 0.360 e. The van der Waals surface area contributed by atoms with Gasteiger partial charge in [0, 0.05) is 10.6 Å². The van der Waals surface area contributed by atoms with Gasteiger partial charge in [0.05, 0.1) is 11.9 Å². The number of hydrogen-bond donors (Lipinski definition) is 2. The molecule has 0 fully saturated rings. The maximum atomic E-state index is 12.5. The fourth-order valence-electron chi connectivity index (χ4n) is 3.77. The Labute approximate surface area is 163 Å². The number of benzene rings is 1. The first-order valence-electron chi connectivity index (χ1n) is 9.38. The highest BCUT2D eigenvalue weighted by Crippen LogP contribution is 2.39. The molecule has 0 aliphatic heterocycles. The second-order valence-electron chi connectivity index (χ2n) is 7.42. The summed E-state index contributed by atoms with van der Waals surface area (Å²) in [4.78, 5) is 23.8. The minimum absolute atomic E-state index is 0.0723. The Hall–Kier alpha value is -2.47. The van der Waals surface area contributed by atoms with E-state index in [1.54, 1.807) is 17.7 Å². The number of amides is 1. The van der Waals surface area contributed by atoms with E-state index in [0.29, 0.717) is 0 Å². The molecule has 5 nitrogen and oxygen atoms in total. The van der Waals surface area contributed by atoms with E-state index in [1.165, 1.54) is 16.9 Å².